The number of hydrogen-bond acceptors (Lipinski definition) is 2. The summed E-state index contributed by atoms with van der Waals surface area (Å²) in [6, 6.07) is 2.58. The van der Waals surface area contributed by atoms with Crippen LogP contribution in [0.4, 0.5) is 10.1 Å². The molecule has 0 aliphatic rings. The number of nitrogen functional groups attached to an aromatic ring is 1. The van der Waals surface area contributed by atoms with Gasteiger partial charge in [-0.05, 0) is 40.4 Å². The van der Waals surface area contributed by atoms with Crippen LogP contribution in [0.2, 0.25) is 0 Å². The van der Waals surface area contributed by atoms with Gasteiger partial charge in [0.2, 0.25) is 0 Å². The third kappa shape index (κ3) is 6.46. The molecule has 0 radical (unpaired) electrons. The summed E-state index contributed by atoms with van der Waals surface area (Å²) < 4.78 is 13.6. The SMILES string of the molecule is CC(C)CCCCCCNC(=O)c1cc(N)c(F)cc1Br. The lowest BCUT2D eigenvalue weighted by molar-refractivity contribution is 0.0952. The molecule has 0 aliphatic heterocycles. The van der Waals surface area contributed by atoms with Gasteiger partial charge in [0.05, 0.1) is 11.3 Å². The van der Waals surface area contributed by atoms with Crippen LogP contribution in [-0.2, 0) is 0 Å². The lowest BCUT2D eigenvalue weighted by Crippen LogP contribution is -2.25. The number of hydrogen-bond donors (Lipinski definition) is 2. The summed E-state index contributed by atoms with van der Waals surface area (Å²) in [6.45, 7) is 5.09. The van der Waals surface area contributed by atoms with E-state index >= 15 is 0 Å². The van der Waals surface area contributed by atoms with Gasteiger partial charge in [0, 0.05) is 11.0 Å². The minimum Gasteiger partial charge on any atom is -0.396 e. The van der Waals surface area contributed by atoms with Crippen LogP contribution in [0.15, 0.2) is 16.6 Å². The first kappa shape index (κ1) is 18.0. The second kappa shape index (κ2) is 9.03. The monoisotopic (exact) mass is 358 g/mol. The van der Waals surface area contributed by atoms with E-state index in [4.69, 9.17) is 5.73 Å². The van der Waals surface area contributed by atoms with Crippen LogP contribution in [-0.4, -0.2) is 12.5 Å². The minimum absolute atomic E-state index is 0.0166. The van der Waals surface area contributed by atoms with Crippen molar-refractivity contribution in [2.45, 2.75) is 46.0 Å². The number of carbonyl (C=O) groups excluding carboxylic acids is 1. The highest BCUT2D eigenvalue weighted by Crippen LogP contribution is 2.22. The molecule has 1 aromatic carbocycles. The normalized spacial score (nSPS) is 10.9. The van der Waals surface area contributed by atoms with Crippen molar-refractivity contribution in [1.82, 2.24) is 5.32 Å². The first-order chi connectivity index (χ1) is 9.91. The minimum atomic E-state index is -0.524. The molecule has 1 aromatic rings. The predicted octanol–water partition coefficient (Wildman–Crippen LogP) is 4.51. The molecule has 1 rings (SSSR count). The van der Waals surface area contributed by atoms with E-state index in [0.717, 1.165) is 18.8 Å². The van der Waals surface area contributed by atoms with Crippen molar-refractivity contribution in [2.24, 2.45) is 5.92 Å². The van der Waals surface area contributed by atoms with Crippen LogP contribution >= 0.6 is 15.9 Å². The molecule has 118 valence electrons. The summed E-state index contributed by atoms with van der Waals surface area (Å²) in [7, 11) is 0. The Kier molecular flexibility index (Phi) is 7.72. The molecule has 0 atom stereocenters. The first-order valence-electron chi connectivity index (χ1n) is 7.44. The Hall–Kier alpha value is -1.10. The van der Waals surface area contributed by atoms with Gasteiger partial charge in [0.15, 0.2) is 0 Å². The van der Waals surface area contributed by atoms with Gasteiger partial charge in [0.25, 0.3) is 5.91 Å². The van der Waals surface area contributed by atoms with Crippen molar-refractivity contribution in [3.05, 3.63) is 28.0 Å². The van der Waals surface area contributed by atoms with Crippen molar-refractivity contribution < 1.29 is 9.18 Å². The first-order valence-corrected chi connectivity index (χ1v) is 8.23. The highest BCUT2D eigenvalue weighted by molar-refractivity contribution is 9.10. The standard InChI is InChI=1S/C16H24BrFN2O/c1-11(2)7-5-3-4-6-8-20-16(21)12-9-15(19)14(18)10-13(12)17/h9-11H,3-8,19H2,1-2H3,(H,20,21). The topological polar surface area (TPSA) is 55.1 Å². The highest BCUT2D eigenvalue weighted by atomic mass is 79.9. The van der Waals surface area contributed by atoms with Crippen molar-refractivity contribution in [3.8, 4) is 0 Å². The average molecular weight is 359 g/mol. The molecule has 0 bridgehead atoms. The summed E-state index contributed by atoms with van der Waals surface area (Å²) in [5, 5.41) is 2.84. The van der Waals surface area contributed by atoms with E-state index in [-0.39, 0.29) is 11.6 Å². The van der Waals surface area contributed by atoms with Crippen molar-refractivity contribution in [2.75, 3.05) is 12.3 Å². The Morgan fingerprint density at radius 2 is 1.95 bits per heavy atom. The zero-order chi connectivity index (χ0) is 15.8. The zero-order valence-electron chi connectivity index (χ0n) is 12.7. The molecule has 5 heteroatoms. The molecular formula is C16H24BrFN2O. The average Bonchev–Trinajstić information content (AvgIpc) is 2.41. The molecule has 3 nitrogen and oxygen atoms in total. The van der Waals surface area contributed by atoms with Gasteiger partial charge in [-0.1, -0.05) is 39.5 Å². The Balaban J connectivity index is 2.30. The number of unbranched alkanes of at least 4 members (excludes halogenated alkanes) is 3. The summed E-state index contributed by atoms with van der Waals surface area (Å²) in [4.78, 5) is 12.0. The molecular weight excluding hydrogens is 335 g/mol. The molecule has 1 amide bonds. The summed E-state index contributed by atoms with van der Waals surface area (Å²) in [6.07, 6.45) is 5.76. The largest absolute Gasteiger partial charge is 0.396 e. The molecule has 0 aromatic heterocycles. The third-order valence-corrected chi connectivity index (χ3v) is 3.98. The number of nitrogens with two attached hydrogens (primary N) is 1. The summed E-state index contributed by atoms with van der Waals surface area (Å²) in [5.41, 5.74) is 5.84. The molecule has 21 heavy (non-hydrogen) atoms. The van der Waals surface area contributed by atoms with E-state index in [9.17, 15) is 9.18 Å². The molecule has 0 spiro atoms. The highest BCUT2D eigenvalue weighted by Gasteiger charge is 2.12. The van der Waals surface area contributed by atoms with E-state index in [1.54, 1.807) is 0 Å². The predicted molar refractivity (Wildman–Crippen MR) is 88.8 cm³/mol. The van der Waals surface area contributed by atoms with Crippen LogP contribution in [0.1, 0.15) is 56.3 Å². The van der Waals surface area contributed by atoms with Crippen LogP contribution in [0.25, 0.3) is 0 Å². The number of rotatable bonds is 8. The summed E-state index contributed by atoms with van der Waals surface area (Å²) >= 11 is 3.18. The van der Waals surface area contributed by atoms with Gasteiger partial charge in [-0.15, -0.1) is 0 Å². The molecule has 0 aliphatic carbocycles. The molecule has 3 N–H and O–H groups in total. The smallest absolute Gasteiger partial charge is 0.252 e. The lowest BCUT2D eigenvalue weighted by atomic mass is 10.0. The van der Waals surface area contributed by atoms with E-state index in [1.165, 1.54) is 31.4 Å². The van der Waals surface area contributed by atoms with Gasteiger partial charge in [-0.3, -0.25) is 4.79 Å². The van der Waals surface area contributed by atoms with Gasteiger partial charge < -0.3 is 11.1 Å². The maximum atomic E-state index is 13.2. The van der Waals surface area contributed by atoms with Gasteiger partial charge >= 0.3 is 0 Å². The van der Waals surface area contributed by atoms with Gasteiger partial charge in [-0.2, -0.15) is 0 Å². The zero-order valence-corrected chi connectivity index (χ0v) is 14.3. The fourth-order valence-corrected chi connectivity index (χ4v) is 2.56. The molecule has 0 saturated carbocycles. The Morgan fingerprint density at radius 3 is 2.62 bits per heavy atom. The number of amides is 1. The number of halogens is 2. The van der Waals surface area contributed by atoms with Crippen molar-refractivity contribution in [1.29, 1.82) is 0 Å². The lowest BCUT2D eigenvalue weighted by Gasteiger charge is -2.08. The van der Waals surface area contributed by atoms with Crippen LogP contribution < -0.4 is 11.1 Å². The van der Waals surface area contributed by atoms with Crippen molar-refractivity contribution >= 4 is 27.5 Å². The fourth-order valence-electron chi connectivity index (χ4n) is 2.07. The Morgan fingerprint density at radius 1 is 1.29 bits per heavy atom. The maximum Gasteiger partial charge on any atom is 0.252 e. The Bertz CT molecular complexity index is 478. The molecule has 0 saturated heterocycles. The Labute approximate surface area is 134 Å². The van der Waals surface area contributed by atoms with E-state index in [0.29, 0.717) is 16.6 Å². The van der Waals surface area contributed by atoms with Crippen molar-refractivity contribution in [3.63, 3.8) is 0 Å². The maximum absolute atomic E-state index is 13.2. The van der Waals surface area contributed by atoms with E-state index in [2.05, 4.69) is 35.1 Å². The van der Waals surface area contributed by atoms with Gasteiger partial charge in [0.1, 0.15) is 5.82 Å². The quantitative estimate of drug-likeness (QED) is 0.530. The third-order valence-electron chi connectivity index (χ3n) is 3.32. The van der Waals surface area contributed by atoms with Crippen LogP contribution in [0, 0.1) is 11.7 Å². The number of benzene rings is 1. The fraction of sp³-hybridized carbons (Fsp3) is 0.562. The number of anilines is 1. The second-order valence-corrected chi connectivity index (χ2v) is 6.56. The van der Waals surface area contributed by atoms with Crippen LogP contribution in [0.3, 0.4) is 0 Å². The van der Waals surface area contributed by atoms with Gasteiger partial charge in [-0.25, -0.2) is 4.39 Å². The summed E-state index contributed by atoms with van der Waals surface area (Å²) in [5.74, 6) is 0.00493. The second-order valence-electron chi connectivity index (χ2n) is 5.71. The number of carbonyl (C=O) groups is 1. The van der Waals surface area contributed by atoms with Crippen LogP contribution in [0.5, 0.6) is 0 Å². The number of nitrogens with one attached hydrogen (secondary N) is 1. The molecule has 0 unspecified atom stereocenters. The molecule has 0 heterocycles. The van der Waals surface area contributed by atoms with E-state index < -0.39 is 5.82 Å². The molecule has 0 fully saturated rings. The van der Waals surface area contributed by atoms with E-state index in [1.807, 2.05) is 0 Å².